The number of esters is 1. The number of ether oxygens (including phenoxy) is 1. The van der Waals surface area contributed by atoms with Gasteiger partial charge >= 0.3 is 5.97 Å². The zero-order valence-electron chi connectivity index (χ0n) is 16.1. The van der Waals surface area contributed by atoms with Crippen LogP contribution in [0, 0.1) is 0 Å². The molecule has 6 nitrogen and oxygen atoms in total. The molecule has 152 valence electrons. The standard InChI is InChI=1S/C23H19ClN2O4/c1-14(27)16-8-5-9-18(12-16)26-22(28)21(15-6-3-2-4-7-15)30-23(29)17-10-11-19(24)20(25)13-17/h2-13,21H,25H2,1H3,(H,26,28). The summed E-state index contributed by atoms with van der Waals surface area (Å²) in [5.74, 6) is -1.41. The number of anilines is 2. The monoisotopic (exact) mass is 422 g/mol. The van der Waals surface area contributed by atoms with Crippen molar-refractivity contribution in [2.24, 2.45) is 0 Å². The number of Topliss-reactive ketones (excluding diaryl/α,β-unsaturated/α-hetero) is 1. The normalized spacial score (nSPS) is 11.4. The number of nitrogens with one attached hydrogen (secondary N) is 1. The third-order valence-electron chi connectivity index (χ3n) is 4.33. The maximum Gasteiger partial charge on any atom is 0.339 e. The molecular weight excluding hydrogens is 404 g/mol. The highest BCUT2D eigenvalue weighted by atomic mass is 35.5. The van der Waals surface area contributed by atoms with Crippen molar-refractivity contribution in [2.45, 2.75) is 13.0 Å². The van der Waals surface area contributed by atoms with Gasteiger partial charge in [-0.25, -0.2) is 4.79 Å². The molecule has 1 atom stereocenters. The van der Waals surface area contributed by atoms with E-state index in [4.69, 9.17) is 22.1 Å². The molecule has 0 aliphatic heterocycles. The van der Waals surface area contributed by atoms with Gasteiger partial charge in [0.2, 0.25) is 6.10 Å². The van der Waals surface area contributed by atoms with Crippen LogP contribution in [0.3, 0.4) is 0 Å². The molecule has 1 unspecified atom stereocenters. The predicted molar refractivity (Wildman–Crippen MR) is 116 cm³/mol. The Kier molecular flexibility index (Phi) is 6.49. The van der Waals surface area contributed by atoms with Gasteiger partial charge in [-0.15, -0.1) is 0 Å². The minimum atomic E-state index is -1.21. The van der Waals surface area contributed by atoms with Crippen LogP contribution in [-0.2, 0) is 9.53 Å². The lowest BCUT2D eigenvalue weighted by Crippen LogP contribution is -2.26. The largest absolute Gasteiger partial charge is 0.444 e. The maximum atomic E-state index is 13.0. The first-order valence-corrected chi connectivity index (χ1v) is 9.46. The minimum absolute atomic E-state index is 0.127. The molecule has 0 aliphatic rings. The Balaban J connectivity index is 1.86. The number of halogens is 1. The Morgan fingerprint density at radius 3 is 2.33 bits per heavy atom. The summed E-state index contributed by atoms with van der Waals surface area (Å²) in [5, 5.41) is 3.01. The Labute approximate surface area is 178 Å². The van der Waals surface area contributed by atoms with E-state index < -0.39 is 18.0 Å². The van der Waals surface area contributed by atoms with Crippen molar-refractivity contribution < 1.29 is 19.1 Å². The van der Waals surface area contributed by atoms with Crippen molar-refractivity contribution in [3.8, 4) is 0 Å². The van der Waals surface area contributed by atoms with E-state index in [-0.39, 0.29) is 17.0 Å². The first-order chi connectivity index (χ1) is 14.3. The van der Waals surface area contributed by atoms with Gasteiger partial charge in [-0.2, -0.15) is 0 Å². The fourth-order valence-electron chi connectivity index (χ4n) is 2.77. The van der Waals surface area contributed by atoms with E-state index in [1.807, 2.05) is 0 Å². The van der Waals surface area contributed by atoms with Crippen molar-refractivity contribution >= 4 is 40.6 Å². The molecule has 7 heteroatoms. The molecule has 0 aliphatic carbocycles. The molecule has 0 fully saturated rings. The van der Waals surface area contributed by atoms with Crippen LogP contribution in [0.5, 0.6) is 0 Å². The van der Waals surface area contributed by atoms with Crippen LogP contribution in [0.15, 0.2) is 72.8 Å². The summed E-state index contributed by atoms with van der Waals surface area (Å²) in [6.07, 6.45) is -1.21. The van der Waals surface area contributed by atoms with Crippen LogP contribution in [0.25, 0.3) is 0 Å². The van der Waals surface area contributed by atoms with Crippen molar-refractivity contribution in [1.29, 1.82) is 0 Å². The smallest absolute Gasteiger partial charge is 0.339 e. The first kappa shape index (κ1) is 21.1. The summed E-state index contributed by atoms with van der Waals surface area (Å²) >= 11 is 5.90. The number of nitrogens with two attached hydrogens (primary N) is 1. The molecular formula is C23H19ClN2O4. The van der Waals surface area contributed by atoms with Gasteiger partial charge in [0.15, 0.2) is 5.78 Å². The number of benzene rings is 3. The second kappa shape index (κ2) is 9.24. The molecule has 3 N–H and O–H groups in total. The highest BCUT2D eigenvalue weighted by molar-refractivity contribution is 6.33. The van der Waals surface area contributed by atoms with Gasteiger partial charge in [-0.05, 0) is 37.3 Å². The summed E-state index contributed by atoms with van der Waals surface area (Å²) in [4.78, 5) is 37.2. The molecule has 0 spiro atoms. The van der Waals surface area contributed by atoms with Crippen molar-refractivity contribution in [1.82, 2.24) is 0 Å². The first-order valence-electron chi connectivity index (χ1n) is 9.08. The zero-order chi connectivity index (χ0) is 21.7. The van der Waals surface area contributed by atoms with Crippen LogP contribution in [0.4, 0.5) is 11.4 Å². The van der Waals surface area contributed by atoms with Crippen molar-refractivity contribution in [3.63, 3.8) is 0 Å². The van der Waals surface area contributed by atoms with Crippen LogP contribution >= 0.6 is 11.6 Å². The quantitative estimate of drug-likeness (QED) is 0.342. The van der Waals surface area contributed by atoms with E-state index >= 15 is 0 Å². The molecule has 3 aromatic rings. The molecule has 0 heterocycles. The number of carbonyl (C=O) groups excluding carboxylic acids is 3. The van der Waals surface area contributed by atoms with E-state index in [9.17, 15) is 14.4 Å². The highest BCUT2D eigenvalue weighted by Crippen LogP contribution is 2.24. The summed E-state index contributed by atoms with van der Waals surface area (Å²) in [6, 6.07) is 19.5. The lowest BCUT2D eigenvalue weighted by atomic mass is 10.1. The molecule has 0 aromatic heterocycles. The molecule has 3 rings (SSSR count). The van der Waals surface area contributed by atoms with Crippen molar-refractivity contribution in [2.75, 3.05) is 11.1 Å². The Morgan fingerprint density at radius 1 is 0.933 bits per heavy atom. The number of hydrogen-bond acceptors (Lipinski definition) is 5. The van der Waals surface area contributed by atoms with E-state index in [0.717, 1.165) is 0 Å². The molecule has 0 radical (unpaired) electrons. The third-order valence-corrected chi connectivity index (χ3v) is 4.68. The number of hydrogen-bond donors (Lipinski definition) is 2. The highest BCUT2D eigenvalue weighted by Gasteiger charge is 2.26. The third kappa shape index (κ3) is 5.04. The molecule has 30 heavy (non-hydrogen) atoms. The lowest BCUT2D eigenvalue weighted by Gasteiger charge is -2.18. The number of amides is 1. The van der Waals surface area contributed by atoms with Crippen LogP contribution in [0.1, 0.15) is 39.3 Å². The molecule has 0 bridgehead atoms. The minimum Gasteiger partial charge on any atom is -0.444 e. The van der Waals surface area contributed by atoms with Gasteiger partial charge in [-0.3, -0.25) is 9.59 Å². The molecule has 3 aromatic carbocycles. The summed E-state index contributed by atoms with van der Waals surface area (Å²) in [7, 11) is 0. The lowest BCUT2D eigenvalue weighted by molar-refractivity contribution is -0.125. The van der Waals surface area contributed by atoms with E-state index in [1.165, 1.54) is 25.1 Å². The molecule has 1 amide bonds. The number of rotatable bonds is 6. The van der Waals surface area contributed by atoms with Gasteiger partial charge in [0.1, 0.15) is 0 Å². The van der Waals surface area contributed by atoms with Gasteiger partial charge in [0.25, 0.3) is 5.91 Å². The van der Waals surface area contributed by atoms with Gasteiger partial charge < -0.3 is 15.8 Å². The average Bonchev–Trinajstić information content (AvgIpc) is 2.74. The Morgan fingerprint density at radius 2 is 1.67 bits per heavy atom. The van der Waals surface area contributed by atoms with E-state index in [0.29, 0.717) is 21.8 Å². The van der Waals surface area contributed by atoms with Crippen molar-refractivity contribution in [3.05, 3.63) is 94.5 Å². The van der Waals surface area contributed by atoms with Crippen LogP contribution in [-0.4, -0.2) is 17.7 Å². The molecule has 0 saturated carbocycles. The topological polar surface area (TPSA) is 98.5 Å². The molecule has 0 saturated heterocycles. The summed E-state index contributed by atoms with van der Waals surface area (Å²) in [6.45, 7) is 1.44. The van der Waals surface area contributed by atoms with Crippen LogP contribution in [0.2, 0.25) is 5.02 Å². The Hall–Kier alpha value is -3.64. The van der Waals surface area contributed by atoms with E-state index in [1.54, 1.807) is 54.6 Å². The average molecular weight is 423 g/mol. The predicted octanol–water partition coefficient (Wildman–Crippen LogP) is 4.66. The fourth-order valence-corrected chi connectivity index (χ4v) is 2.89. The van der Waals surface area contributed by atoms with Gasteiger partial charge in [-0.1, -0.05) is 54.1 Å². The van der Waals surface area contributed by atoms with E-state index in [2.05, 4.69) is 5.32 Å². The second-order valence-corrected chi connectivity index (χ2v) is 6.97. The number of nitrogen functional groups attached to an aromatic ring is 1. The van der Waals surface area contributed by atoms with Gasteiger partial charge in [0.05, 0.1) is 16.3 Å². The SMILES string of the molecule is CC(=O)c1cccc(NC(=O)C(OC(=O)c2ccc(Cl)c(N)c2)c2ccccc2)c1. The summed E-state index contributed by atoms with van der Waals surface area (Å²) in [5.41, 5.74) is 7.52. The zero-order valence-corrected chi connectivity index (χ0v) is 16.8. The van der Waals surface area contributed by atoms with Gasteiger partial charge in [0, 0.05) is 16.8 Å². The van der Waals surface area contributed by atoms with Crippen LogP contribution < -0.4 is 11.1 Å². The Bertz CT molecular complexity index is 1100. The summed E-state index contributed by atoms with van der Waals surface area (Å²) < 4.78 is 5.51. The number of carbonyl (C=O) groups is 3. The maximum absolute atomic E-state index is 13.0. The second-order valence-electron chi connectivity index (χ2n) is 6.56. The fraction of sp³-hybridized carbons (Fsp3) is 0.0870. The number of ketones is 1.